The highest BCUT2D eigenvalue weighted by Crippen LogP contribution is 2.60. The first kappa shape index (κ1) is 26.7. The second kappa shape index (κ2) is 9.65. The van der Waals surface area contributed by atoms with Crippen molar-refractivity contribution < 1.29 is 38.8 Å². The van der Waals surface area contributed by atoms with Crippen molar-refractivity contribution in [3.63, 3.8) is 0 Å². The summed E-state index contributed by atoms with van der Waals surface area (Å²) >= 11 is 0. The van der Waals surface area contributed by atoms with Crippen molar-refractivity contribution in [1.29, 1.82) is 0 Å². The van der Waals surface area contributed by atoms with Crippen molar-refractivity contribution in [2.75, 3.05) is 12.8 Å². The number of rotatable bonds is 10. The predicted molar refractivity (Wildman–Crippen MR) is 122 cm³/mol. The molecule has 2 aromatic rings. The molecular weight excluding hydrogens is 469 g/mol. The number of hydrogen-bond acceptors (Lipinski definition) is 11. The summed E-state index contributed by atoms with van der Waals surface area (Å²) in [4.78, 5) is 22.9. The van der Waals surface area contributed by atoms with Crippen molar-refractivity contribution >= 4 is 24.7 Å². The molecule has 6 N–H and O–H groups in total. The summed E-state index contributed by atoms with van der Waals surface area (Å²) in [5.41, 5.74) is 5.05. The molecule has 0 bridgehead atoms. The maximum atomic E-state index is 13.0. The van der Waals surface area contributed by atoms with Crippen molar-refractivity contribution in [3.05, 3.63) is 6.33 Å². The Morgan fingerprint density at radius 1 is 1.21 bits per heavy atom. The van der Waals surface area contributed by atoms with E-state index in [0.717, 1.165) is 0 Å². The van der Waals surface area contributed by atoms with Gasteiger partial charge >= 0.3 is 7.60 Å². The molecule has 5 unspecified atom stereocenters. The van der Waals surface area contributed by atoms with Crippen LogP contribution < -0.4 is 10.5 Å². The van der Waals surface area contributed by atoms with E-state index < -0.39 is 43.1 Å². The van der Waals surface area contributed by atoms with Gasteiger partial charge in [0, 0.05) is 6.42 Å². The third kappa shape index (κ3) is 4.66. The molecule has 6 atom stereocenters. The maximum Gasteiger partial charge on any atom is 0.359 e. The third-order valence-electron chi connectivity index (χ3n) is 6.59. The van der Waals surface area contributed by atoms with Crippen molar-refractivity contribution in [2.45, 2.75) is 88.9 Å². The Balaban J connectivity index is 1.87. The first-order valence-corrected chi connectivity index (χ1v) is 12.7. The van der Waals surface area contributed by atoms with Gasteiger partial charge in [-0.05, 0) is 26.2 Å². The largest absolute Gasteiger partial charge is 0.479 e. The molecule has 0 saturated carbocycles. The van der Waals surface area contributed by atoms with Gasteiger partial charge in [-0.3, -0.25) is 9.13 Å². The summed E-state index contributed by atoms with van der Waals surface area (Å²) in [6, 6.07) is 0. The zero-order chi connectivity index (χ0) is 25.5. The first-order chi connectivity index (χ1) is 15.8. The van der Waals surface area contributed by atoms with E-state index in [1.807, 2.05) is 0 Å². The van der Waals surface area contributed by atoms with Gasteiger partial charge in [0.2, 0.25) is 11.8 Å². The smallest absolute Gasteiger partial charge is 0.359 e. The minimum absolute atomic E-state index is 0.0284. The van der Waals surface area contributed by atoms with E-state index in [-0.39, 0.29) is 43.2 Å². The molecule has 0 amide bonds. The quantitative estimate of drug-likeness (QED) is 0.292. The number of methoxy groups -OCH3 is 1. The molecule has 0 aromatic carbocycles. The summed E-state index contributed by atoms with van der Waals surface area (Å²) in [5, 5.41) is 30.2. The number of ether oxygens (including phenoxy) is 2. The van der Waals surface area contributed by atoms with E-state index in [0.29, 0.717) is 5.52 Å². The Morgan fingerprint density at radius 3 is 2.41 bits per heavy atom. The highest BCUT2D eigenvalue weighted by atomic mass is 31.2. The lowest BCUT2D eigenvalue weighted by molar-refractivity contribution is -0.0696. The van der Waals surface area contributed by atoms with Crippen LogP contribution in [0.4, 0.5) is 5.95 Å². The summed E-state index contributed by atoms with van der Waals surface area (Å²) in [6.45, 7) is 6.55. The minimum Gasteiger partial charge on any atom is -0.479 e. The average molecular weight is 503 g/mol. The summed E-state index contributed by atoms with van der Waals surface area (Å²) in [5.74, 6) is 0.0801. The summed E-state index contributed by atoms with van der Waals surface area (Å²) in [6.07, 6.45) is -3.06. The van der Waals surface area contributed by atoms with Gasteiger partial charge in [0.05, 0.1) is 25.1 Å². The normalized spacial score (nSPS) is 27.0. The molecule has 2 aromatic heterocycles. The zero-order valence-corrected chi connectivity index (χ0v) is 20.8. The number of aliphatic hydroxyl groups excluding tert-OH is 2. The highest BCUT2D eigenvalue weighted by Gasteiger charge is 2.51. The monoisotopic (exact) mass is 503 g/mol. The molecule has 1 aliphatic heterocycles. The van der Waals surface area contributed by atoms with Gasteiger partial charge in [0.1, 0.15) is 12.2 Å². The zero-order valence-electron chi connectivity index (χ0n) is 20.0. The molecule has 3 heterocycles. The van der Waals surface area contributed by atoms with E-state index >= 15 is 0 Å². The lowest BCUT2D eigenvalue weighted by atomic mass is 9.93. The van der Waals surface area contributed by atoms with Crippen molar-refractivity contribution in [3.8, 4) is 5.88 Å². The van der Waals surface area contributed by atoms with Crippen molar-refractivity contribution in [1.82, 2.24) is 19.5 Å². The number of anilines is 1. The second-order valence-electron chi connectivity index (χ2n) is 8.77. The number of imidazole rings is 1. The first-order valence-electron chi connectivity index (χ1n) is 11.2. The number of nitrogen functional groups attached to an aromatic ring is 1. The molecular formula is C20H34N5O8P. The SMILES string of the molecule is CCC(C)(CC1OC(n2cnc3c(OC)nc(N)nc32)[C@H](O)C1O)OP(=O)(O)C(O)(CC)CC. The number of fused-ring (bicyclic) bond motifs is 1. The van der Waals surface area contributed by atoms with Gasteiger partial charge in [-0.2, -0.15) is 9.97 Å². The Bertz CT molecular complexity index is 1060. The molecule has 14 heteroatoms. The van der Waals surface area contributed by atoms with Crippen LogP contribution in [0.1, 0.15) is 59.6 Å². The van der Waals surface area contributed by atoms with Crippen LogP contribution in [-0.4, -0.2) is 76.1 Å². The van der Waals surface area contributed by atoms with Gasteiger partial charge in [-0.25, -0.2) is 4.98 Å². The van der Waals surface area contributed by atoms with E-state index in [1.165, 1.54) is 18.0 Å². The van der Waals surface area contributed by atoms with Crippen LogP contribution in [0.25, 0.3) is 11.2 Å². The highest BCUT2D eigenvalue weighted by molar-refractivity contribution is 7.54. The van der Waals surface area contributed by atoms with Crippen LogP contribution in [0.3, 0.4) is 0 Å². The molecule has 13 nitrogen and oxygen atoms in total. The van der Waals surface area contributed by atoms with E-state index in [1.54, 1.807) is 27.7 Å². The van der Waals surface area contributed by atoms with E-state index in [2.05, 4.69) is 15.0 Å². The Kier molecular flexibility index (Phi) is 7.59. The molecule has 3 rings (SSSR count). The number of nitrogens with zero attached hydrogens (tertiary/aromatic N) is 4. The summed E-state index contributed by atoms with van der Waals surface area (Å²) in [7, 11) is -3.05. The maximum absolute atomic E-state index is 13.0. The van der Waals surface area contributed by atoms with Crippen LogP contribution in [0.2, 0.25) is 0 Å². The molecule has 1 fully saturated rings. The van der Waals surface area contributed by atoms with Gasteiger partial charge < -0.3 is 39.9 Å². The van der Waals surface area contributed by atoms with Crippen LogP contribution in [0.5, 0.6) is 5.88 Å². The Hall–Kier alpha value is -1.86. The fourth-order valence-electron chi connectivity index (χ4n) is 4.07. The Morgan fingerprint density at radius 2 is 1.85 bits per heavy atom. The molecule has 0 aliphatic carbocycles. The van der Waals surface area contributed by atoms with Gasteiger partial charge in [0.15, 0.2) is 22.7 Å². The lowest BCUT2D eigenvalue weighted by Gasteiger charge is -2.38. The lowest BCUT2D eigenvalue weighted by Crippen LogP contribution is -2.40. The van der Waals surface area contributed by atoms with E-state index in [9.17, 15) is 24.8 Å². The third-order valence-corrected chi connectivity index (χ3v) is 8.97. The van der Waals surface area contributed by atoms with Crippen LogP contribution >= 0.6 is 7.60 Å². The predicted octanol–water partition coefficient (Wildman–Crippen LogP) is 1.31. The number of nitrogens with two attached hydrogens (primary N) is 1. The molecule has 1 saturated heterocycles. The topological polar surface area (TPSA) is 195 Å². The molecule has 192 valence electrons. The molecule has 1 aliphatic rings. The fourth-order valence-corrected chi connectivity index (χ4v) is 5.84. The number of aromatic nitrogens is 4. The van der Waals surface area contributed by atoms with Crippen LogP contribution in [0.15, 0.2) is 6.33 Å². The molecule has 0 radical (unpaired) electrons. The van der Waals surface area contributed by atoms with Gasteiger partial charge in [-0.15, -0.1) is 0 Å². The van der Waals surface area contributed by atoms with Gasteiger partial charge in [-0.1, -0.05) is 20.8 Å². The van der Waals surface area contributed by atoms with Crippen LogP contribution in [-0.2, 0) is 13.8 Å². The average Bonchev–Trinajstić information content (AvgIpc) is 3.33. The van der Waals surface area contributed by atoms with Crippen molar-refractivity contribution in [2.24, 2.45) is 0 Å². The number of aliphatic hydroxyl groups is 3. The standard InChI is InChI=1S/C20H34N5O8P/c1-6-19(4,33-34(29,30)20(28,7-2)8-3)9-11-13(26)14(27)17(32-11)25-10-22-12-15(25)23-18(21)24-16(12)31-5/h10-11,13-14,17,26-28H,6-9H2,1-5H3,(H,29,30)(H2,21,23,24)/t11?,13?,14-,17?,19?/m1/s1. The van der Waals surface area contributed by atoms with Gasteiger partial charge in [0.25, 0.3) is 0 Å². The molecule has 0 spiro atoms. The summed E-state index contributed by atoms with van der Waals surface area (Å²) < 4.78 is 31.2. The minimum atomic E-state index is -4.46. The van der Waals surface area contributed by atoms with E-state index in [4.69, 9.17) is 19.7 Å². The fraction of sp³-hybridized carbons (Fsp3) is 0.750. The Labute approximate surface area is 197 Å². The van der Waals surface area contributed by atoms with Crippen LogP contribution in [0, 0.1) is 0 Å². The molecule has 34 heavy (non-hydrogen) atoms. The number of hydrogen-bond donors (Lipinski definition) is 5. The second-order valence-corrected chi connectivity index (χ2v) is 10.8.